The third-order valence-corrected chi connectivity index (χ3v) is 2.72. The van der Waals surface area contributed by atoms with E-state index in [1.165, 1.54) is 13.0 Å². The number of aromatic hydroxyl groups is 1. The summed E-state index contributed by atoms with van der Waals surface area (Å²) in [6, 6.07) is 1.33. The van der Waals surface area contributed by atoms with Crippen molar-refractivity contribution in [1.82, 2.24) is 0 Å². The maximum atomic E-state index is 11.6. The lowest BCUT2D eigenvalue weighted by Crippen LogP contribution is -2.14. The molecule has 0 amide bonds. The van der Waals surface area contributed by atoms with Crippen molar-refractivity contribution in [3.63, 3.8) is 0 Å². The van der Waals surface area contributed by atoms with E-state index >= 15 is 0 Å². The molecule has 0 saturated heterocycles. The van der Waals surface area contributed by atoms with Gasteiger partial charge in [-0.3, -0.25) is 4.79 Å². The van der Waals surface area contributed by atoms with Gasteiger partial charge < -0.3 is 9.52 Å². The van der Waals surface area contributed by atoms with Gasteiger partial charge in [-0.05, 0) is 13.3 Å². The zero-order chi connectivity index (χ0) is 12.3. The largest absolute Gasteiger partial charge is 0.507 e. The molecule has 0 aliphatic rings. The van der Waals surface area contributed by atoms with Crippen LogP contribution >= 0.6 is 0 Å². The van der Waals surface area contributed by atoms with E-state index in [1.54, 1.807) is 0 Å². The van der Waals surface area contributed by atoms with E-state index in [1.807, 2.05) is 13.8 Å². The molecule has 0 saturated carbocycles. The van der Waals surface area contributed by atoms with Crippen molar-refractivity contribution in [1.29, 1.82) is 0 Å². The fourth-order valence-corrected chi connectivity index (χ4v) is 1.25. The third-order valence-electron chi connectivity index (χ3n) is 2.72. The zero-order valence-corrected chi connectivity index (χ0v) is 9.74. The molecule has 88 valence electrons. The molecule has 1 N–H and O–H groups in total. The Balaban J connectivity index is 2.91. The highest BCUT2D eigenvalue weighted by molar-refractivity contribution is 5.82. The second-order valence-electron chi connectivity index (χ2n) is 3.96. The topological polar surface area (TPSA) is 67.5 Å². The van der Waals surface area contributed by atoms with E-state index in [4.69, 9.17) is 4.42 Å². The summed E-state index contributed by atoms with van der Waals surface area (Å²) in [6.07, 6.45) is 0.805. The molecule has 4 heteroatoms. The smallest absolute Gasteiger partial charge is 0.342 e. The van der Waals surface area contributed by atoms with E-state index in [0.717, 1.165) is 6.42 Å². The molecule has 0 unspecified atom stereocenters. The summed E-state index contributed by atoms with van der Waals surface area (Å²) in [5.41, 5.74) is -0.424. The number of hydrogen-bond donors (Lipinski definition) is 1. The molecule has 1 aromatic heterocycles. The lowest BCUT2D eigenvalue weighted by atomic mass is 10.00. The average Bonchev–Trinajstić information content (AvgIpc) is 2.24. The van der Waals surface area contributed by atoms with Gasteiger partial charge in [0.25, 0.3) is 0 Å². The predicted molar refractivity (Wildman–Crippen MR) is 59.5 cm³/mol. The van der Waals surface area contributed by atoms with Crippen LogP contribution in [0.15, 0.2) is 15.3 Å². The number of rotatable bonds is 4. The number of hydrogen-bond acceptors (Lipinski definition) is 4. The Kier molecular flexibility index (Phi) is 3.88. The van der Waals surface area contributed by atoms with Gasteiger partial charge in [-0.2, -0.15) is 0 Å². The van der Waals surface area contributed by atoms with Gasteiger partial charge in [0, 0.05) is 12.0 Å². The molecule has 1 atom stereocenters. The second kappa shape index (κ2) is 4.96. The van der Waals surface area contributed by atoms with Crippen LogP contribution in [0.4, 0.5) is 0 Å². The molecule has 1 rings (SSSR count). The Labute approximate surface area is 93.9 Å². The van der Waals surface area contributed by atoms with Crippen LogP contribution < -0.4 is 5.63 Å². The summed E-state index contributed by atoms with van der Waals surface area (Å²) in [4.78, 5) is 22.9. The summed E-state index contributed by atoms with van der Waals surface area (Å²) in [5, 5.41) is 9.42. The molecule has 0 fully saturated rings. The van der Waals surface area contributed by atoms with Crippen molar-refractivity contribution in [2.75, 3.05) is 0 Å². The molecule has 0 bridgehead atoms. The Morgan fingerprint density at radius 1 is 1.56 bits per heavy atom. The zero-order valence-electron chi connectivity index (χ0n) is 9.74. The van der Waals surface area contributed by atoms with E-state index < -0.39 is 5.63 Å². The van der Waals surface area contributed by atoms with Crippen LogP contribution in [0.5, 0.6) is 5.75 Å². The van der Waals surface area contributed by atoms with Crippen LogP contribution in [0.2, 0.25) is 0 Å². The molecule has 4 nitrogen and oxygen atoms in total. The highest BCUT2D eigenvalue weighted by Gasteiger charge is 2.14. The molecule has 0 radical (unpaired) electrons. The maximum Gasteiger partial charge on any atom is 0.342 e. The first-order valence-electron chi connectivity index (χ1n) is 5.31. The van der Waals surface area contributed by atoms with Crippen molar-refractivity contribution < 1.29 is 14.3 Å². The van der Waals surface area contributed by atoms with E-state index in [0.29, 0.717) is 0 Å². The number of carbonyl (C=O) groups is 1. The maximum absolute atomic E-state index is 11.6. The number of carbonyl (C=O) groups excluding carboxylic acids is 1. The average molecular weight is 224 g/mol. The van der Waals surface area contributed by atoms with Gasteiger partial charge in [-0.15, -0.1) is 0 Å². The lowest BCUT2D eigenvalue weighted by molar-refractivity contribution is -0.122. The molecule has 16 heavy (non-hydrogen) atoms. The van der Waals surface area contributed by atoms with Crippen LogP contribution in [0, 0.1) is 12.8 Å². The standard InChI is InChI=1S/C12H16O4/c1-4-7(2)10(13)5-9-6-11(14)8(3)12(15)16-9/h6-7,14H,4-5H2,1-3H3/t7-/m0/s1. The Morgan fingerprint density at radius 2 is 2.19 bits per heavy atom. The van der Waals surface area contributed by atoms with Crippen LogP contribution in [-0.4, -0.2) is 10.9 Å². The summed E-state index contributed by atoms with van der Waals surface area (Å²) in [6.45, 7) is 5.22. The van der Waals surface area contributed by atoms with Crippen molar-refractivity contribution in [2.45, 2.75) is 33.6 Å². The van der Waals surface area contributed by atoms with E-state index in [-0.39, 0.29) is 35.2 Å². The molecular weight excluding hydrogens is 208 g/mol. The van der Waals surface area contributed by atoms with Gasteiger partial charge in [-0.25, -0.2) is 4.79 Å². The first-order valence-corrected chi connectivity index (χ1v) is 5.31. The van der Waals surface area contributed by atoms with Crippen LogP contribution in [0.25, 0.3) is 0 Å². The Morgan fingerprint density at radius 3 is 2.69 bits per heavy atom. The first kappa shape index (κ1) is 12.5. The number of ketones is 1. The van der Waals surface area contributed by atoms with Crippen LogP contribution in [0.3, 0.4) is 0 Å². The fraction of sp³-hybridized carbons (Fsp3) is 0.500. The summed E-state index contributed by atoms with van der Waals surface area (Å²) in [7, 11) is 0. The van der Waals surface area contributed by atoms with Crippen molar-refractivity contribution in [3.05, 3.63) is 27.8 Å². The monoisotopic (exact) mass is 224 g/mol. The summed E-state index contributed by atoms with van der Waals surface area (Å²) in [5.74, 6) is 0.0456. The highest BCUT2D eigenvalue weighted by atomic mass is 16.4. The van der Waals surface area contributed by atoms with E-state index in [9.17, 15) is 14.7 Å². The quantitative estimate of drug-likeness (QED) is 0.846. The minimum atomic E-state index is -0.591. The first-order chi connectivity index (χ1) is 7.45. The Bertz CT molecular complexity index is 445. The summed E-state index contributed by atoms with van der Waals surface area (Å²) >= 11 is 0. The van der Waals surface area contributed by atoms with Gasteiger partial charge in [0.1, 0.15) is 17.3 Å². The normalized spacial score (nSPS) is 12.4. The fourth-order valence-electron chi connectivity index (χ4n) is 1.25. The minimum absolute atomic E-state index is 0.00824. The molecule has 0 aliphatic heterocycles. The van der Waals surface area contributed by atoms with Crippen LogP contribution in [0.1, 0.15) is 31.6 Å². The van der Waals surface area contributed by atoms with Crippen molar-refractivity contribution in [3.8, 4) is 5.75 Å². The molecule has 1 heterocycles. The predicted octanol–water partition coefficient (Wildman–Crippen LogP) is 1.81. The van der Waals surface area contributed by atoms with Gasteiger partial charge in [0.05, 0.1) is 12.0 Å². The molecule has 0 aromatic carbocycles. The van der Waals surface area contributed by atoms with Crippen molar-refractivity contribution >= 4 is 5.78 Å². The van der Waals surface area contributed by atoms with Gasteiger partial charge in [-0.1, -0.05) is 13.8 Å². The molecular formula is C12H16O4. The Hall–Kier alpha value is -1.58. The van der Waals surface area contributed by atoms with E-state index in [2.05, 4.69) is 0 Å². The van der Waals surface area contributed by atoms with Gasteiger partial charge >= 0.3 is 5.63 Å². The van der Waals surface area contributed by atoms with Gasteiger partial charge in [0.2, 0.25) is 0 Å². The highest BCUT2D eigenvalue weighted by Crippen LogP contribution is 2.15. The molecule has 0 spiro atoms. The second-order valence-corrected chi connectivity index (χ2v) is 3.96. The third kappa shape index (κ3) is 2.72. The lowest BCUT2D eigenvalue weighted by Gasteiger charge is -2.06. The minimum Gasteiger partial charge on any atom is -0.507 e. The van der Waals surface area contributed by atoms with Crippen molar-refractivity contribution in [2.24, 2.45) is 5.92 Å². The summed E-state index contributed by atoms with van der Waals surface area (Å²) < 4.78 is 4.92. The molecule has 1 aromatic rings. The number of Topliss-reactive ketones (excluding diaryl/α,β-unsaturated/α-hetero) is 1. The van der Waals surface area contributed by atoms with Crippen LogP contribution in [-0.2, 0) is 11.2 Å². The molecule has 0 aliphatic carbocycles. The SMILES string of the molecule is CC[C@H](C)C(=O)Cc1cc(O)c(C)c(=O)o1. The van der Waals surface area contributed by atoms with Gasteiger partial charge in [0.15, 0.2) is 0 Å².